The maximum absolute atomic E-state index is 12.9. The van der Waals surface area contributed by atoms with E-state index in [0.29, 0.717) is 18.5 Å². The van der Waals surface area contributed by atoms with Crippen LogP contribution in [0.15, 0.2) is 18.2 Å². The van der Waals surface area contributed by atoms with Gasteiger partial charge in [-0.3, -0.25) is 0 Å². The lowest BCUT2D eigenvalue weighted by molar-refractivity contribution is 0.170. The Bertz CT molecular complexity index is 360. The lowest BCUT2D eigenvalue weighted by atomic mass is 10.0. The highest BCUT2D eigenvalue weighted by Gasteiger charge is 2.09. The van der Waals surface area contributed by atoms with Crippen LogP contribution in [0.2, 0.25) is 0 Å². The summed E-state index contributed by atoms with van der Waals surface area (Å²) in [4.78, 5) is 0. The smallest absolute Gasteiger partial charge is 0.140 e. The summed E-state index contributed by atoms with van der Waals surface area (Å²) in [6, 6.07) is 5.69. The van der Waals surface area contributed by atoms with Gasteiger partial charge in [0, 0.05) is 0 Å². The topological polar surface area (TPSA) is 70.0 Å². The van der Waals surface area contributed by atoms with E-state index in [9.17, 15) is 9.50 Å². The van der Waals surface area contributed by atoms with Crippen molar-refractivity contribution in [2.45, 2.75) is 12.5 Å². The van der Waals surface area contributed by atoms with Gasteiger partial charge in [0.2, 0.25) is 0 Å². The zero-order chi connectivity index (χ0) is 10.6. The van der Waals surface area contributed by atoms with Crippen LogP contribution in [0.4, 0.5) is 4.39 Å². The zero-order valence-corrected chi connectivity index (χ0v) is 7.57. The molecule has 74 valence electrons. The second-order valence-electron chi connectivity index (χ2n) is 2.94. The molecule has 0 bridgehead atoms. The van der Waals surface area contributed by atoms with Crippen LogP contribution in [0.5, 0.6) is 0 Å². The normalized spacial score (nSPS) is 12.1. The van der Waals surface area contributed by atoms with Crippen molar-refractivity contribution < 1.29 is 9.50 Å². The first kappa shape index (κ1) is 10.6. The minimum Gasteiger partial charge on any atom is -0.388 e. The molecule has 0 aliphatic carbocycles. The van der Waals surface area contributed by atoms with E-state index in [1.807, 2.05) is 0 Å². The minimum atomic E-state index is -0.729. The predicted molar refractivity (Wildman–Crippen MR) is 49.7 cm³/mol. The van der Waals surface area contributed by atoms with Gasteiger partial charge in [0.05, 0.1) is 11.7 Å². The zero-order valence-electron chi connectivity index (χ0n) is 7.57. The number of aliphatic hydroxyl groups is 1. The van der Waals surface area contributed by atoms with Crippen LogP contribution in [0.1, 0.15) is 23.7 Å². The molecule has 3 N–H and O–H groups in total. The van der Waals surface area contributed by atoms with Gasteiger partial charge in [-0.1, -0.05) is 6.07 Å². The molecule has 0 saturated carbocycles. The van der Waals surface area contributed by atoms with Gasteiger partial charge in [0.25, 0.3) is 0 Å². The molecule has 0 heterocycles. The fraction of sp³-hybridized carbons (Fsp3) is 0.300. The molecule has 3 nitrogen and oxygen atoms in total. The van der Waals surface area contributed by atoms with Crippen LogP contribution in [-0.2, 0) is 0 Å². The van der Waals surface area contributed by atoms with Crippen molar-refractivity contribution in [3.8, 4) is 6.07 Å². The van der Waals surface area contributed by atoms with E-state index >= 15 is 0 Å². The summed E-state index contributed by atoms with van der Waals surface area (Å²) in [5, 5.41) is 18.1. The number of hydrogen-bond acceptors (Lipinski definition) is 3. The molecule has 0 unspecified atom stereocenters. The minimum absolute atomic E-state index is 0.0569. The van der Waals surface area contributed by atoms with Crippen molar-refractivity contribution in [3.05, 3.63) is 35.1 Å². The van der Waals surface area contributed by atoms with E-state index in [0.717, 1.165) is 0 Å². The average molecular weight is 194 g/mol. The molecule has 0 aromatic heterocycles. The summed E-state index contributed by atoms with van der Waals surface area (Å²) in [7, 11) is 0. The van der Waals surface area contributed by atoms with Gasteiger partial charge in [-0.15, -0.1) is 0 Å². The molecule has 0 spiro atoms. The monoisotopic (exact) mass is 194 g/mol. The first-order chi connectivity index (χ1) is 6.69. The quantitative estimate of drug-likeness (QED) is 0.756. The molecule has 0 radical (unpaired) electrons. The number of nitrogens with zero attached hydrogens (tertiary/aromatic N) is 1. The number of benzene rings is 1. The molecule has 14 heavy (non-hydrogen) atoms. The van der Waals surface area contributed by atoms with Crippen molar-refractivity contribution in [3.63, 3.8) is 0 Å². The Morgan fingerprint density at radius 3 is 2.86 bits per heavy atom. The number of rotatable bonds is 3. The third-order valence-corrected chi connectivity index (χ3v) is 1.94. The summed E-state index contributed by atoms with van der Waals surface area (Å²) >= 11 is 0. The maximum atomic E-state index is 12.9. The molecule has 4 heteroatoms. The maximum Gasteiger partial charge on any atom is 0.140 e. The van der Waals surface area contributed by atoms with E-state index < -0.39 is 11.9 Å². The van der Waals surface area contributed by atoms with E-state index in [1.165, 1.54) is 18.2 Å². The van der Waals surface area contributed by atoms with Crippen molar-refractivity contribution >= 4 is 0 Å². The van der Waals surface area contributed by atoms with Crippen molar-refractivity contribution in [1.29, 1.82) is 5.26 Å². The number of nitrogens with two attached hydrogens (primary N) is 1. The third kappa shape index (κ3) is 2.28. The molecule has 0 aliphatic rings. The Morgan fingerprint density at radius 1 is 1.57 bits per heavy atom. The van der Waals surface area contributed by atoms with Crippen LogP contribution < -0.4 is 5.73 Å². The van der Waals surface area contributed by atoms with Gasteiger partial charge in [-0.05, 0) is 30.7 Å². The Labute approximate surface area is 81.6 Å². The molecule has 0 saturated heterocycles. The summed E-state index contributed by atoms with van der Waals surface area (Å²) in [5.41, 5.74) is 5.73. The van der Waals surface area contributed by atoms with Crippen molar-refractivity contribution in [1.82, 2.24) is 0 Å². The van der Waals surface area contributed by atoms with Crippen molar-refractivity contribution in [2.24, 2.45) is 5.73 Å². The van der Waals surface area contributed by atoms with E-state index in [2.05, 4.69) is 0 Å². The van der Waals surface area contributed by atoms with E-state index in [-0.39, 0.29) is 5.56 Å². The second kappa shape index (κ2) is 4.70. The molecular formula is C10H11FN2O. The Morgan fingerprint density at radius 2 is 2.29 bits per heavy atom. The SMILES string of the molecule is N#Cc1cc([C@@H](O)CCN)ccc1F. The summed E-state index contributed by atoms with van der Waals surface area (Å²) in [5.74, 6) is -0.573. The number of aliphatic hydroxyl groups excluding tert-OH is 1. The van der Waals surface area contributed by atoms with Gasteiger partial charge in [-0.2, -0.15) is 5.26 Å². The molecule has 0 aliphatic heterocycles. The predicted octanol–water partition coefficient (Wildman–Crippen LogP) is 1.08. The highest BCUT2D eigenvalue weighted by molar-refractivity contribution is 5.35. The average Bonchev–Trinajstić information content (AvgIpc) is 2.19. The van der Waals surface area contributed by atoms with Crippen LogP contribution in [-0.4, -0.2) is 11.7 Å². The summed E-state index contributed by atoms with van der Waals surface area (Å²) in [6.07, 6.45) is -0.330. The van der Waals surface area contributed by atoms with Crippen LogP contribution >= 0.6 is 0 Å². The lowest BCUT2D eigenvalue weighted by Gasteiger charge is -2.09. The van der Waals surface area contributed by atoms with Crippen LogP contribution in [0, 0.1) is 17.1 Å². The second-order valence-corrected chi connectivity index (χ2v) is 2.94. The van der Waals surface area contributed by atoms with Gasteiger partial charge < -0.3 is 10.8 Å². The number of halogens is 1. The largest absolute Gasteiger partial charge is 0.388 e. The highest BCUT2D eigenvalue weighted by Crippen LogP contribution is 2.18. The molecule has 1 aromatic carbocycles. The van der Waals surface area contributed by atoms with E-state index in [1.54, 1.807) is 6.07 Å². The van der Waals surface area contributed by atoms with Gasteiger partial charge >= 0.3 is 0 Å². The van der Waals surface area contributed by atoms with Gasteiger partial charge in [0.1, 0.15) is 11.9 Å². The molecule has 0 amide bonds. The fourth-order valence-corrected chi connectivity index (χ4v) is 1.16. The summed E-state index contributed by atoms with van der Waals surface area (Å²) in [6.45, 7) is 0.348. The first-order valence-corrected chi connectivity index (χ1v) is 4.26. The van der Waals surface area contributed by atoms with Gasteiger partial charge in [-0.25, -0.2) is 4.39 Å². The number of hydrogen-bond donors (Lipinski definition) is 2. The fourth-order valence-electron chi connectivity index (χ4n) is 1.16. The third-order valence-electron chi connectivity index (χ3n) is 1.94. The molecule has 1 atom stereocenters. The number of nitriles is 1. The van der Waals surface area contributed by atoms with Gasteiger partial charge in [0.15, 0.2) is 0 Å². The Kier molecular flexibility index (Phi) is 3.57. The molecule has 1 aromatic rings. The van der Waals surface area contributed by atoms with Crippen LogP contribution in [0.25, 0.3) is 0 Å². The molecule has 1 rings (SSSR count). The standard InChI is InChI=1S/C10H11FN2O/c11-9-2-1-7(5-8(9)6-13)10(14)3-4-12/h1-2,5,10,14H,3-4,12H2/t10-/m0/s1. The highest BCUT2D eigenvalue weighted by atomic mass is 19.1. The molecular weight excluding hydrogens is 183 g/mol. The molecule has 0 fully saturated rings. The lowest BCUT2D eigenvalue weighted by Crippen LogP contribution is -2.07. The first-order valence-electron chi connectivity index (χ1n) is 4.26. The Balaban J connectivity index is 2.95. The van der Waals surface area contributed by atoms with E-state index in [4.69, 9.17) is 11.0 Å². The Hall–Kier alpha value is -1.44. The summed E-state index contributed by atoms with van der Waals surface area (Å²) < 4.78 is 12.9. The van der Waals surface area contributed by atoms with Crippen molar-refractivity contribution in [2.75, 3.05) is 6.54 Å². The van der Waals surface area contributed by atoms with Crippen LogP contribution in [0.3, 0.4) is 0 Å².